The number of hydrogen-bond donors (Lipinski definition) is 5. The van der Waals surface area contributed by atoms with Crippen molar-refractivity contribution in [2.45, 2.75) is 51.0 Å². The molecule has 0 radical (unpaired) electrons. The third-order valence-electron chi connectivity index (χ3n) is 8.36. The first-order valence-electron chi connectivity index (χ1n) is 16.5. The molecule has 1 atom stereocenters. The maximum absolute atomic E-state index is 14.6. The van der Waals surface area contributed by atoms with Crippen LogP contribution in [0.15, 0.2) is 48.5 Å². The zero-order valence-corrected chi connectivity index (χ0v) is 29.5. The summed E-state index contributed by atoms with van der Waals surface area (Å²) in [7, 11) is 0. The highest BCUT2D eigenvalue weighted by Gasteiger charge is 2.45. The summed E-state index contributed by atoms with van der Waals surface area (Å²) >= 11 is 1.91. The number of unbranched alkanes of at least 4 members (excludes halogenated alkanes) is 3. The van der Waals surface area contributed by atoms with Gasteiger partial charge in [0.15, 0.2) is 11.6 Å². The summed E-state index contributed by atoms with van der Waals surface area (Å²) in [5.74, 6) is -6.20. The lowest BCUT2D eigenvalue weighted by Gasteiger charge is -2.27. The van der Waals surface area contributed by atoms with Crippen LogP contribution in [0.25, 0.3) is 0 Å². The van der Waals surface area contributed by atoms with Gasteiger partial charge in [-0.25, -0.2) is 18.7 Å². The van der Waals surface area contributed by atoms with Crippen molar-refractivity contribution in [3.05, 3.63) is 86.2 Å². The van der Waals surface area contributed by atoms with Crippen molar-refractivity contribution in [3.8, 4) is 0 Å². The lowest BCUT2D eigenvalue weighted by Crippen LogP contribution is -2.54. The third kappa shape index (κ3) is 9.22. The zero-order valence-electron chi connectivity index (χ0n) is 27.4. The van der Waals surface area contributed by atoms with Gasteiger partial charge in [-0.1, -0.05) is 18.9 Å². The molecule has 2 aliphatic rings. The van der Waals surface area contributed by atoms with E-state index in [2.05, 4.69) is 26.7 Å². The van der Waals surface area contributed by atoms with Gasteiger partial charge in [-0.05, 0) is 104 Å². The lowest BCUT2D eigenvalue weighted by atomic mass is 10.0. The number of carbonyl (C=O) groups is 5. The van der Waals surface area contributed by atoms with E-state index in [-0.39, 0.29) is 41.8 Å². The summed E-state index contributed by atoms with van der Waals surface area (Å²) in [4.78, 5) is 68.9. The van der Waals surface area contributed by atoms with Crippen LogP contribution in [0, 0.1) is 21.0 Å². The molecule has 0 spiro atoms. The normalized spacial score (nSPS) is 15.5. The van der Waals surface area contributed by atoms with E-state index in [1.165, 1.54) is 12.1 Å². The second-order valence-electron chi connectivity index (χ2n) is 11.9. The number of nitrogens with one attached hydrogen (secondary N) is 5. The highest BCUT2D eigenvalue weighted by molar-refractivity contribution is 14.1. The predicted molar refractivity (Wildman–Crippen MR) is 190 cm³/mol. The largest absolute Gasteiger partial charge is 0.384 e. The number of benzene rings is 3. The SMILES string of the molecule is O=C1CCC(N2C(=O)c3cccc(NCCCCCCNCCCONC(=O)c4ccc(F)c(F)c4Nc4ccc(I)cc4F)c3C2=O)C(=O)N1. The Balaban J connectivity index is 0.948. The molecule has 3 aromatic carbocycles. The summed E-state index contributed by atoms with van der Waals surface area (Å²) in [6.45, 7) is 2.11. The van der Waals surface area contributed by atoms with Gasteiger partial charge in [-0.3, -0.25) is 39.0 Å². The summed E-state index contributed by atoms with van der Waals surface area (Å²) in [6.07, 6.45) is 4.33. The summed E-state index contributed by atoms with van der Waals surface area (Å²) < 4.78 is 43.4. The van der Waals surface area contributed by atoms with Crippen LogP contribution in [0.3, 0.4) is 0 Å². The van der Waals surface area contributed by atoms with E-state index in [1.54, 1.807) is 24.3 Å². The van der Waals surface area contributed by atoms with Crippen LogP contribution >= 0.6 is 22.6 Å². The van der Waals surface area contributed by atoms with Crippen molar-refractivity contribution in [2.75, 3.05) is 36.9 Å². The molecule has 2 aliphatic heterocycles. The van der Waals surface area contributed by atoms with Crippen molar-refractivity contribution in [3.63, 3.8) is 0 Å². The second-order valence-corrected chi connectivity index (χ2v) is 13.2. The fraction of sp³-hybridized carbons (Fsp3) is 0.343. The Morgan fingerprint density at radius 1 is 0.882 bits per heavy atom. The van der Waals surface area contributed by atoms with E-state index < -0.39 is 58.7 Å². The van der Waals surface area contributed by atoms with Gasteiger partial charge in [0.25, 0.3) is 17.7 Å². The standard InChI is InChI=1S/C35H36F3IN6O6/c36-23-11-10-22(31(30(23)38)42-25-12-9-20(39)19-24(25)37)32(47)44-51-18-6-16-40-15-3-1-2-4-17-41-26-8-5-7-21-29(26)35(50)45(34(21)49)27-13-14-28(46)43-33(27)48/h5,7-12,19,27,40-42H,1-4,6,13-18H2,(H,44,47)(H,43,46,48). The van der Waals surface area contributed by atoms with Gasteiger partial charge < -0.3 is 16.0 Å². The molecule has 5 N–H and O–H groups in total. The van der Waals surface area contributed by atoms with Crippen molar-refractivity contribution >= 4 is 69.2 Å². The number of imide groups is 2. The van der Waals surface area contributed by atoms with Gasteiger partial charge in [0, 0.05) is 22.2 Å². The Labute approximate surface area is 305 Å². The maximum Gasteiger partial charge on any atom is 0.277 e. The number of nitrogens with zero attached hydrogens (tertiary/aromatic N) is 1. The van der Waals surface area contributed by atoms with Crippen LogP contribution in [0.4, 0.5) is 30.2 Å². The zero-order chi connectivity index (χ0) is 36.5. The van der Waals surface area contributed by atoms with Crippen molar-refractivity contribution in [1.82, 2.24) is 21.0 Å². The first-order chi connectivity index (χ1) is 24.6. The van der Waals surface area contributed by atoms with E-state index in [1.807, 2.05) is 22.6 Å². The van der Waals surface area contributed by atoms with Gasteiger partial charge in [0.1, 0.15) is 11.9 Å². The summed E-state index contributed by atoms with van der Waals surface area (Å²) in [5, 5.41) is 11.2. The van der Waals surface area contributed by atoms with Crippen LogP contribution in [0.1, 0.15) is 76.0 Å². The van der Waals surface area contributed by atoms with Crippen molar-refractivity contribution in [1.29, 1.82) is 0 Å². The Bertz CT molecular complexity index is 1830. The van der Waals surface area contributed by atoms with Gasteiger partial charge in [-0.15, -0.1) is 0 Å². The van der Waals surface area contributed by atoms with Crippen LogP contribution in [0.5, 0.6) is 0 Å². The van der Waals surface area contributed by atoms with Crippen molar-refractivity contribution in [2.24, 2.45) is 0 Å². The Morgan fingerprint density at radius 3 is 2.41 bits per heavy atom. The molecule has 3 aromatic rings. The molecule has 2 heterocycles. The van der Waals surface area contributed by atoms with Gasteiger partial charge in [0.05, 0.1) is 34.7 Å². The predicted octanol–water partition coefficient (Wildman–Crippen LogP) is 5.17. The quantitative estimate of drug-likeness (QED) is 0.0537. The average Bonchev–Trinajstić information content (AvgIpc) is 3.35. The molecule has 12 nitrogen and oxygen atoms in total. The van der Waals surface area contributed by atoms with Crippen LogP contribution in [0.2, 0.25) is 0 Å². The number of amides is 5. The molecular formula is C35H36F3IN6O6. The first kappa shape index (κ1) is 37.7. The number of hydrogen-bond acceptors (Lipinski definition) is 9. The Morgan fingerprint density at radius 2 is 1.65 bits per heavy atom. The van der Waals surface area contributed by atoms with Gasteiger partial charge >= 0.3 is 0 Å². The molecule has 1 fully saturated rings. The van der Waals surface area contributed by atoms with Gasteiger partial charge in [-0.2, -0.15) is 0 Å². The number of carbonyl (C=O) groups excluding carboxylic acids is 5. The monoisotopic (exact) mass is 820 g/mol. The minimum atomic E-state index is -1.32. The Kier molecular flexibility index (Phi) is 13.0. The molecule has 0 aliphatic carbocycles. The lowest BCUT2D eigenvalue weighted by molar-refractivity contribution is -0.136. The fourth-order valence-corrected chi connectivity index (χ4v) is 6.22. The molecule has 1 saturated heterocycles. The van der Waals surface area contributed by atoms with E-state index in [0.717, 1.165) is 49.3 Å². The number of halogens is 4. The van der Waals surface area contributed by atoms with Gasteiger partial charge in [0.2, 0.25) is 11.8 Å². The number of anilines is 3. The average molecular weight is 821 g/mol. The molecule has 5 rings (SSSR count). The molecule has 16 heteroatoms. The van der Waals surface area contributed by atoms with Crippen LogP contribution in [-0.4, -0.2) is 66.7 Å². The van der Waals surface area contributed by atoms with E-state index in [9.17, 15) is 37.1 Å². The van der Waals surface area contributed by atoms with E-state index >= 15 is 0 Å². The number of fused-ring (bicyclic) bond motifs is 1. The third-order valence-corrected chi connectivity index (χ3v) is 9.03. The number of piperidine rings is 1. The van der Waals surface area contributed by atoms with Crippen molar-refractivity contribution < 1.29 is 42.0 Å². The summed E-state index contributed by atoms with van der Waals surface area (Å²) in [6, 6.07) is 9.99. The molecule has 0 aromatic heterocycles. The number of rotatable bonds is 17. The van der Waals surface area contributed by atoms with E-state index in [0.29, 0.717) is 28.8 Å². The molecule has 51 heavy (non-hydrogen) atoms. The van der Waals surface area contributed by atoms with E-state index in [4.69, 9.17) is 4.84 Å². The molecule has 0 saturated carbocycles. The topological polar surface area (TPSA) is 158 Å². The molecule has 0 bridgehead atoms. The maximum atomic E-state index is 14.6. The summed E-state index contributed by atoms with van der Waals surface area (Å²) in [5.41, 5.74) is 2.32. The highest BCUT2D eigenvalue weighted by atomic mass is 127. The minimum Gasteiger partial charge on any atom is -0.384 e. The molecule has 1 unspecified atom stereocenters. The Hall–Kier alpha value is -4.55. The molecular weight excluding hydrogens is 784 g/mol. The van der Waals surface area contributed by atoms with Crippen LogP contribution < -0.4 is 26.7 Å². The second kappa shape index (κ2) is 17.6. The minimum absolute atomic E-state index is 0.0585. The first-order valence-corrected chi connectivity index (χ1v) is 17.6. The fourth-order valence-electron chi connectivity index (χ4n) is 5.77. The molecule has 5 amide bonds. The smallest absolute Gasteiger partial charge is 0.277 e. The number of hydroxylamine groups is 1. The molecule has 270 valence electrons. The van der Waals surface area contributed by atoms with Crippen LogP contribution in [-0.2, 0) is 14.4 Å². The highest BCUT2D eigenvalue weighted by Crippen LogP contribution is 2.33.